The minimum atomic E-state index is -0.922. The Morgan fingerprint density at radius 1 is 0.974 bits per heavy atom. The lowest BCUT2D eigenvalue weighted by Crippen LogP contribution is -2.31. The Morgan fingerprint density at radius 2 is 1.71 bits per heavy atom. The highest BCUT2D eigenvalue weighted by Gasteiger charge is 2.46. The molecule has 0 saturated carbocycles. The molecule has 4 aromatic carbocycles. The van der Waals surface area contributed by atoms with E-state index in [1.165, 1.54) is 23.1 Å². The number of halogens is 1. The topological polar surface area (TPSA) is 87.1 Å². The molecule has 7 heteroatoms. The summed E-state index contributed by atoms with van der Waals surface area (Å²) in [6.07, 6.45) is 0.370. The maximum atomic E-state index is 13.4. The van der Waals surface area contributed by atoms with Crippen LogP contribution in [-0.2, 0) is 16.0 Å². The third-order valence-electron chi connectivity index (χ3n) is 6.74. The van der Waals surface area contributed by atoms with E-state index < -0.39 is 17.7 Å². The number of phenolic OH excluding ortho intramolecular Hbond substituents is 1. The second-order valence-corrected chi connectivity index (χ2v) is 9.06. The number of Topliss-reactive ketones (excluding diaryl/α,β-unsaturated/α-hetero) is 1. The summed E-state index contributed by atoms with van der Waals surface area (Å²) in [6, 6.07) is 22.5. The fraction of sp³-hybridized carbons (Fsp3) is 0.161. The Balaban J connectivity index is 1.65. The first-order chi connectivity index (χ1) is 18.4. The van der Waals surface area contributed by atoms with Crippen molar-refractivity contribution in [2.75, 3.05) is 13.2 Å². The van der Waals surface area contributed by atoms with Gasteiger partial charge in [0.2, 0.25) is 0 Å². The molecule has 1 aliphatic rings. The Kier molecular flexibility index (Phi) is 6.83. The Morgan fingerprint density at radius 3 is 2.47 bits per heavy atom. The summed E-state index contributed by atoms with van der Waals surface area (Å²) < 4.78 is 18.9. The highest BCUT2D eigenvalue weighted by molar-refractivity contribution is 6.46. The number of ketones is 1. The summed E-state index contributed by atoms with van der Waals surface area (Å²) in [5.41, 5.74) is 1.69. The molecular weight excluding hydrogens is 485 g/mol. The first-order valence-electron chi connectivity index (χ1n) is 12.4. The average molecular weight is 512 g/mol. The van der Waals surface area contributed by atoms with E-state index in [1.807, 2.05) is 30.3 Å². The van der Waals surface area contributed by atoms with Gasteiger partial charge in [0.25, 0.3) is 11.7 Å². The predicted octanol–water partition coefficient (Wildman–Crippen LogP) is 5.75. The number of phenols is 1. The lowest BCUT2D eigenvalue weighted by molar-refractivity contribution is -0.139. The van der Waals surface area contributed by atoms with Crippen molar-refractivity contribution in [1.82, 2.24) is 4.90 Å². The standard InChI is InChI=1S/C31H26FNO5/c1-2-38-26-18-21(12-15-25(26)34)28-27(29(35)24-9-5-7-20-6-3-4-8-23(20)24)30(36)31(37)33(28)17-16-19-10-13-22(32)14-11-19/h3-15,18,28,34-35H,2,16-17H2,1H3/b29-27+. The molecule has 0 aromatic heterocycles. The summed E-state index contributed by atoms with van der Waals surface area (Å²) in [5.74, 6) is -2.06. The van der Waals surface area contributed by atoms with Gasteiger partial charge in [-0.2, -0.15) is 0 Å². The van der Waals surface area contributed by atoms with Crippen LogP contribution in [0.1, 0.15) is 29.7 Å². The second-order valence-electron chi connectivity index (χ2n) is 9.06. The van der Waals surface area contributed by atoms with Crippen LogP contribution < -0.4 is 4.74 Å². The molecule has 38 heavy (non-hydrogen) atoms. The van der Waals surface area contributed by atoms with Crippen LogP contribution in [0.3, 0.4) is 0 Å². The zero-order valence-corrected chi connectivity index (χ0v) is 20.7. The van der Waals surface area contributed by atoms with Gasteiger partial charge in [0.05, 0.1) is 18.2 Å². The molecule has 1 unspecified atom stereocenters. The lowest BCUT2D eigenvalue weighted by atomic mass is 9.93. The van der Waals surface area contributed by atoms with Crippen LogP contribution in [0.5, 0.6) is 11.5 Å². The van der Waals surface area contributed by atoms with Crippen molar-refractivity contribution in [3.05, 3.63) is 113 Å². The molecule has 0 radical (unpaired) electrons. The second kappa shape index (κ2) is 10.4. The van der Waals surface area contributed by atoms with Crippen LogP contribution in [0.4, 0.5) is 4.39 Å². The van der Waals surface area contributed by atoms with E-state index in [-0.39, 0.29) is 35.2 Å². The molecule has 0 aliphatic carbocycles. The zero-order chi connectivity index (χ0) is 26.8. The van der Waals surface area contributed by atoms with E-state index in [0.29, 0.717) is 24.2 Å². The number of fused-ring (bicyclic) bond motifs is 1. The van der Waals surface area contributed by atoms with E-state index in [2.05, 4.69) is 0 Å². The van der Waals surface area contributed by atoms with E-state index >= 15 is 0 Å². The van der Waals surface area contributed by atoms with Crippen LogP contribution in [0.25, 0.3) is 16.5 Å². The van der Waals surface area contributed by atoms with Crippen molar-refractivity contribution >= 4 is 28.2 Å². The Hall–Kier alpha value is -4.65. The lowest BCUT2D eigenvalue weighted by Gasteiger charge is -2.26. The van der Waals surface area contributed by atoms with Gasteiger partial charge in [-0.3, -0.25) is 9.59 Å². The van der Waals surface area contributed by atoms with E-state index in [9.17, 15) is 24.2 Å². The van der Waals surface area contributed by atoms with Gasteiger partial charge in [-0.05, 0) is 59.5 Å². The molecule has 0 bridgehead atoms. The SMILES string of the molecule is CCOc1cc(C2/C(=C(\O)c3cccc4ccccc34)C(=O)C(=O)N2CCc2ccc(F)cc2)ccc1O. The van der Waals surface area contributed by atoms with E-state index in [0.717, 1.165) is 16.3 Å². The molecule has 0 spiro atoms. The van der Waals surface area contributed by atoms with Crippen LogP contribution in [-0.4, -0.2) is 40.0 Å². The van der Waals surface area contributed by atoms with Gasteiger partial charge in [-0.1, -0.05) is 60.7 Å². The highest BCUT2D eigenvalue weighted by atomic mass is 19.1. The summed E-state index contributed by atoms with van der Waals surface area (Å²) >= 11 is 0. The highest BCUT2D eigenvalue weighted by Crippen LogP contribution is 2.42. The number of ether oxygens (including phenoxy) is 1. The summed E-state index contributed by atoms with van der Waals surface area (Å²) in [5, 5.41) is 23.4. The van der Waals surface area contributed by atoms with E-state index in [1.54, 1.807) is 43.3 Å². The first-order valence-corrected chi connectivity index (χ1v) is 12.4. The number of carbonyl (C=O) groups is 2. The van der Waals surface area contributed by atoms with Gasteiger partial charge >= 0.3 is 0 Å². The molecule has 1 saturated heterocycles. The molecule has 1 atom stereocenters. The summed E-state index contributed by atoms with van der Waals surface area (Å²) in [4.78, 5) is 28.2. The number of benzene rings is 4. The molecule has 1 fully saturated rings. The fourth-order valence-corrected chi connectivity index (χ4v) is 4.91. The summed E-state index contributed by atoms with van der Waals surface area (Å²) in [7, 11) is 0. The molecule has 1 amide bonds. The first kappa shape index (κ1) is 25.0. The maximum absolute atomic E-state index is 13.4. The van der Waals surface area contributed by atoms with E-state index in [4.69, 9.17) is 4.74 Å². The van der Waals surface area contributed by atoms with Gasteiger partial charge in [0, 0.05) is 12.1 Å². The quantitative estimate of drug-likeness (QED) is 0.188. The van der Waals surface area contributed by atoms with Gasteiger partial charge in [-0.15, -0.1) is 0 Å². The normalized spacial score (nSPS) is 16.8. The molecule has 5 rings (SSSR count). The van der Waals surface area contributed by atoms with Crippen molar-refractivity contribution in [2.45, 2.75) is 19.4 Å². The molecule has 1 aliphatic heterocycles. The van der Waals surface area contributed by atoms with Crippen molar-refractivity contribution in [1.29, 1.82) is 0 Å². The van der Waals surface area contributed by atoms with Crippen LogP contribution in [0, 0.1) is 5.82 Å². The third kappa shape index (κ3) is 4.59. The molecule has 6 nitrogen and oxygen atoms in total. The van der Waals surface area contributed by atoms with Crippen molar-refractivity contribution in [3.8, 4) is 11.5 Å². The van der Waals surface area contributed by atoms with Crippen LogP contribution in [0.2, 0.25) is 0 Å². The number of likely N-dealkylation sites (tertiary alicyclic amines) is 1. The number of rotatable bonds is 7. The number of aliphatic hydroxyl groups is 1. The maximum Gasteiger partial charge on any atom is 0.295 e. The molecular formula is C31H26FNO5. The largest absolute Gasteiger partial charge is 0.507 e. The number of aliphatic hydroxyl groups excluding tert-OH is 1. The molecule has 4 aromatic rings. The number of hydrogen-bond donors (Lipinski definition) is 2. The summed E-state index contributed by atoms with van der Waals surface area (Å²) in [6.45, 7) is 2.23. The number of aromatic hydroxyl groups is 1. The number of amides is 1. The molecule has 2 N–H and O–H groups in total. The van der Waals surface area contributed by atoms with Crippen molar-refractivity contribution in [2.24, 2.45) is 0 Å². The number of carbonyl (C=O) groups excluding carboxylic acids is 2. The van der Waals surface area contributed by atoms with Crippen LogP contribution >= 0.6 is 0 Å². The minimum Gasteiger partial charge on any atom is -0.507 e. The predicted molar refractivity (Wildman–Crippen MR) is 142 cm³/mol. The van der Waals surface area contributed by atoms with Crippen LogP contribution in [0.15, 0.2) is 90.5 Å². The molecule has 192 valence electrons. The smallest absolute Gasteiger partial charge is 0.295 e. The van der Waals surface area contributed by atoms with Gasteiger partial charge < -0.3 is 19.8 Å². The van der Waals surface area contributed by atoms with Crippen molar-refractivity contribution in [3.63, 3.8) is 0 Å². The fourth-order valence-electron chi connectivity index (χ4n) is 4.91. The number of hydrogen-bond acceptors (Lipinski definition) is 5. The average Bonchev–Trinajstić information content (AvgIpc) is 3.18. The third-order valence-corrected chi connectivity index (χ3v) is 6.74. The zero-order valence-electron chi connectivity index (χ0n) is 20.7. The minimum absolute atomic E-state index is 0.0430. The van der Waals surface area contributed by atoms with Gasteiger partial charge in [-0.25, -0.2) is 4.39 Å². The Labute approximate surface area is 219 Å². The van der Waals surface area contributed by atoms with Crippen molar-refractivity contribution < 1.29 is 28.9 Å². The monoisotopic (exact) mass is 511 g/mol. The molecule has 1 heterocycles. The van der Waals surface area contributed by atoms with Gasteiger partial charge in [0.15, 0.2) is 11.5 Å². The Bertz CT molecular complexity index is 1560. The van der Waals surface area contributed by atoms with Gasteiger partial charge in [0.1, 0.15) is 11.6 Å². The number of nitrogens with zero attached hydrogens (tertiary/aromatic N) is 1.